The lowest BCUT2D eigenvalue weighted by Crippen LogP contribution is -2.52. The van der Waals surface area contributed by atoms with Gasteiger partial charge in [-0.2, -0.15) is 0 Å². The van der Waals surface area contributed by atoms with E-state index in [2.05, 4.69) is 15.6 Å². The van der Waals surface area contributed by atoms with Crippen molar-refractivity contribution < 1.29 is 29.1 Å². The minimum atomic E-state index is -1.44. The first kappa shape index (κ1) is 24.3. The molecule has 0 saturated heterocycles. The zero-order chi connectivity index (χ0) is 23.8. The second kappa shape index (κ2) is 10.9. The fourth-order valence-electron chi connectivity index (χ4n) is 3.12. The van der Waals surface area contributed by atoms with E-state index in [9.17, 15) is 24.0 Å². The quantitative estimate of drug-likeness (QED) is 0.230. The first-order valence-corrected chi connectivity index (χ1v) is 9.71. The van der Waals surface area contributed by atoms with Crippen LogP contribution in [0.2, 0.25) is 0 Å². The van der Waals surface area contributed by atoms with E-state index >= 15 is 0 Å². The van der Waals surface area contributed by atoms with Crippen molar-refractivity contribution in [3.8, 4) is 0 Å². The zero-order valence-corrected chi connectivity index (χ0v) is 17.5. The molecule has 0 unspecified atom stereocenters. The SMILES string of the molecule is CN(CC(=O)N[C@@H](CC(=O)O)C(=O)NCC(N)=O)C(=O)[C@@H](N)Cc1c[nH]c2ccccc12. The molecule has 1 heterocycles. The molecule has 2 rings (SSSR count). The molecule has 12 heteroatoms. The summed E-state index contributed by atoms with van der Waals surface area (Å²) in [6.07, 6.45) is 1.30. The molecule has 2 atom stereocenters. The summed E-state index contributed by atoms with van der Waals surface area (Å²) in [5.74, 6) is -4.31. The molecule has 12 nitrogen and oxygen atoms in total. The molecule has 32 heavy (non-hydrogen) atoms. The Balaban J connectivity index is 1.94. The van der Waals surface area contributed by atoms with E-state index in [-0.39, 0.29) is 6.42 Å². The van der Waals surface area contributed by atoms with Gasteiger partial charge in [0, 0.05) is 24.1 Å². The highest BCUT2D eigenvalue weighted by molar-refractivity contribution is 5.94. The molecule has 1 aromatic carbocycles. The zero-order valence-electron chi connectivity index (χ0n) is 17.5. The number of primary amides is 1. The number of nitrogens with two attached hydrogens (primary N) is 2. The van der Waals surface area contributed by atoms with Crippen LogP contribution in [0.15, 0.2) is 30.5 Å². The fourth-order valence-corrected chi connectivity index (χ4v) is 3.12. The van der Waals surface area contributed by atoms with Gasteiger partial charge in [0.15, 0.2) is 0 Å². The first-order chi connectivity index (χ1) is 15.1. The number of carboxylic acids is 1. The smallest absolute Gasteiger partial charge is 0.305 e. The third kappa shape index (κ3) is 6.80. The Kier molecular flexibility index (Phi) is 8.30. The molecular weight excluding hydrogens is 420 g/mol. The highest BCUT2D eigenvalue weighted by Gasteiger charge is 2.26. The maximum absolute atomic E-state index is 12.6. The molecule has 0 aliphatic rings. The lowest BCUT2D eigenvalue weighted by molar-refractivity contribution is -0.141. The van der Waals surface area contributed by atoms with Crippen LogP contribution in [-0.4, -0.2) is 76.8 Å². The second-order valence-electron chi connectivity index (χ2n) is 7.27. The number of nitrogens with zero attached hydrogens (tertiary/aromatic N) is 1. The van der Waals surface area contributed by atoms with E-state index in [1.54, 1.807) is 6.20 Å². The van der Waals surface area contributed by atoms with Crippen LogP contribution in [0.1, 0.15) is 12.0 Å². The molecule has 0 fully saturated rings. The van der Waals surface area contributed by atoms with Crippen LogP contribution in [0.5, 0.6) is 0 Å². The van der Waals surface area contributed by atoms with Gasteiger partial charge in [-0.15, -0.1) is 0 Å². The first-order valence-electron chi connectivity index (χ1n) is 9.71. The average molecular weight is 446 g/mol. The van der Waals surface area contributed by atoms with Crippen LogP contribution in [0.4, 0.5) is 0 Å². The monoisotopic (exact) mass is 446 g/mol. The van der Waals surface area contributed by atoms with Crippen molar-refractivity contribution >= 4 is 40.5 Å². The van der Waals surface area contributed by atoms with Gasteiger partial charge < -0.3 is 37.1 Å². The number of rotatable bonds is 11. The number of hydrogen-bond donors (Lipinski definition) is 6. The predicted octanol–water partition coefficient (Wildman–Crippen LogP) is -1.94. The van der Waals surface area contributed by atoms with Crippen LogP contribution in [0.3, 0.4) is 0 Å². The molecule has 0 radical (unpaired) electrons. The van der Waals surface area contributed by atoms with E-state index < -0.39 is 61.2 Å². The van der Waals surface area contributed by atoms with Crippen molar-refractivity contribution in [3.05, 3.63) is 36.0 Å². The normalized spacial score (nSPS) is 12.6. The van der Waals surface area contributed by atoms with Gasteiger partial charge in [0.25, 0.3) is 0 Å². The van der Waals surface area contributed by atoms with E-state index in [0.717, 1.165) is 21.4 Å². The number of H-pyrrole nitrogens is 1. The number of hydrogen-bond acceptors (Lipinski definition) is 6. The topological polar surface area (TPSA) is 201 Å². The molecule has 0 spiro atoms. The van der Waals surface area contributed by atoms with Gasteiger partial charge in [0.2, 0.25) is 23.6 Å². The summed E-state index contributed by atoms with van der Waals surface area (Å²) in [5, 5.41) is 14.3. The van der Waals surface area contributed by atoms with Crippen LogP contribution in [0, 0.1) is 0 Å². The van der Waals surface area contributed by atoms with Gasteiger partial charge in [0.1, 0.15) is 6.04 Å². The van der Waals surface area contributed by atoms with Crippen molar-refractivity contribution in [2.24, 2.45) is 11.5 Å². The third-order valence-corrected chi connectivity index (χ3v) is 4.66. The van der Waals surface area contributed by atoms with Crippen LogP contribution < -0.4 is 22.1 Å². The Labute approximate surface area is 183 Å². The Bertz CT molecular complexity index is 1020. The molecule has 0 aliphatic heterocycles. The molecular formula is C20H26N6O6. The number of carbonyl (C=O) groups excluding carboxylic acids is 4. The van der Waals surface area contributed by atoms with Crippen molar-refractivity contribution in [2.45, 2.75) is 24.9 Å². The summed E-state index contributed by atoms with van der Waals surface area (Å²) in [6, 6.07) is 5.20. The predicted molar refractivity (Wildman–Crippen MR) is 114 cm³/mol. The number of nitrogens with one attached hydrogen (secondary N) is 3. The second-order valence-corrected chi connectivity index (χ2v) is 7.27. The number of likely N-dealkylation sites (N-methyl/N-ethyl adjacent to an activating group) is 1. The van der Waals surface area contributed by atoms with Crippen molar-refractivity contribution in [2.75, 3.05) is 20.1 Å². The van der Waals surface area contributed by atoms with Gasteiger partial charge in [-0.25, -0.2) is 0 Å². The van der Waals surface area contributed by atoms with Gasteiger partial charge in [0.05, 0.1) is 25.6 Å². The van der Waals surface area contributed by atoms with Crippen molar-refractivity contribution in [1.82, 2.24) is 20.5 Å². The standard InChI is InChI=1S/C20H26N6O6/c1-26(10-17(28)25-15(7-18(29)30)19(31)24-9-16(22)27)20(32)13(21)6-11-8-23-14-5-3-2-4-12(11)14/h2-5,8,13,15,23H,6-7,9-10,21H2,1H3,(H2,22,27)(H,24,31)(H,25,28)(H,29,30)/t13-,15-/m0/s1. The summed E-state index contributed by atoms with van der Waals surface area (Å²) in [7, 11) is 1.37. The average Bonchev–Trinajstić information content (AvgIpc) is 3.13. The molecule has 0 saturated carbocycles. The van der Waals surface area contributed by atoms with Gasteiger partial charge in [-0.1, -0.05) is 18.2 Å². The highest BCUT2D eigenvalue weighted by atomic mass is 16.4. The highest BCUT2D eigenvalue weighted by Crippen LogP contribution is 2.19. The number of aliphatic carboxylic acids is 1. The number of amides is 4. The lowest BCUT2D eigenvalue weighted by Gasteiger charge is -2.22. The molecule has 8 N–H and O–H groups in total. The Morgan fingerprint density at radius 2 is 1.88 bits per heavy atom. The molecule has 0 aliphatic carbocycles. The minimum Gasteiger partial charge on any atom is -0.481 e. The molecule has 0 bridgehead atoms. The molecule has 1 aromatic heterocycles. The Morgan fingerprint density at radius 3 is 2.53 bits per heavy atom. The van der Waals surface area contributed by atoms with E-state index in [1.165, 1.54) is 7.05 Å². The van der Waals surface area contributed by atoms with E-state index in [0.29, 0.717) is 0 Å². The molecule has 172 valence electrons. The van der Waals surface area contributed by atoms with Gasteiger partial charge in [-0.3, -0.25) is 24.0 Å². The number of carbonyl (C=O) groups is 5. The summed E-state index contributed by atoms with van der Waals surface area (Å²) < 4.78 is 0. The van der Waals surface area contributed by atoms with E-state index in [1.807, 2.05) is 24.3 Å². The summed E-state index contributed by atoms with van der Waals surface area (Å²) in [4.78, 5) is 62.9. The van der Waals surface area contributed by atoms with Gasteiger partial charge in [-0.05, 0) is 18.1 Å². The van der Waals surface area contributed by atoms with E-state index in [4.69, 9.17) is 16.6 Å². The number of aromatic amines is 1. The summed E-state index contributed by atoms with van der Waals surface area (Å²) in [5.41, 5.74) is 12.7. The summed E-state index contributed by atoms with van der Waals surface area (Å²) in [6.45, 7) is -0.953. The fraction of sp³-hybridized carbons (Fsp3) is 0.350. The van der Waals surface area contributed by atoms with Gasteiger partial charge >= 0.3 is 5.97 Å². The number of benzene rings is 1. The maximum atomic E-state index is 12.6. The molecule has 2 aromatic rings. The van der Waals surface area contributed by atoms with Crippen LogP contribution in [-0.2, 0) is 30.4 Å². The van der Waals surface area contributed by atoms with Crippen molar-refractivity contribution in [3.63, 3.8) is 0 Å². The Hall–Kier alpha value is -3.93. The largest absolute Gasteiger partial charge is 0.481 e. The lowest BCUT2D eigenvalue weighted by atomic mass is 10.0. The van der Waals surface area contributed by atoms with Crippen LogP contribution >= 0.6 is 0 Å². The third-order valence-electron chi connectivity index (χ3n) is 4.66. The number of fused-ring (bicyclic) bond motifs is 1. The van der Waals surface area contributed by atoms with Crippen LogP contribution in [0.25, 0.3) is 10.9 Å². The maximum Gasteiger partial charge on any atom is 0.305 e. The summed E-state index contributed by atoms with van der Waals surface area (Å²) >= 11 is 0. The molecule has 4 amide bonds. The Morgan fingerprint density at radius 1 is 1.19 bits per heavy atom. The number of carboxylic acid groups (broad SMARTS) is 1. The number of aromatic nitrogens is 1. The van der Waals surface area contributed by atoms with Crippen molar-refractivity contribution in [1.29, 1.82) is 0 Å². The minimum absolute atomic E-state index is 0.242. The number of para-hydroxylation sites is 1.